The van der Waals surface area contributed by atoms with Crippen LogP contribution < -0.4 is 5.73 Å². The number of hydrogen-bond donors (Lipinski definition) is 1. The lowest BCUT2D eigenvalue weighted by Crippen LogP contribution is -2.51. The summed E-state index contributed by atoms with van der Waals surface area (Å²) in [6.45, 7) is 2.43. The molecule has 1 aromatic carbocycles. The van der Waals surface area contributed by atoms with Gasteiger partial charge in [-0.2, -0.15) is 4.31 Å². The summed E-state index contributed by atoms with van der Waals surface area (Å²) < 4.78 is 28.3. The molecule has 8 heteroatoms. The van der Waals surface area contributed by atoms with E-state index in [-0.39, 0.29) is 24.5 Å². The van der Waals surface area contributed by atoms with Gasteiger partial charge < -0.3 is 5.73 Å². The fourth-order valence-corrected chi connectivity index (χ4v) is 5.48. The van der Waals surface area contributed by atoms with Crippen LogP contribution in [0.5, 0.6) is 0 Å². The first-order chi connectivity index (χ1) is 10.00. The lowest BCUT2D eigenvalue weighted by atomic mass is 10.00. The number of nitrogens with zero attached hydrogens (tertiary/aromatic N) is 2. The molecule has 0 spiro atoms. The highest BCUT2D eigenvalue weighted by Gasteiger charge is 2.35. The lowest BCUT2D eigenvalue weighted by molar-refractivity contribution is 0.227. The van der Waals surface area contributed by atoms with Crippen LogP contribution in [0.2, 0.25) is 0 Å². The van der Waals surface area contributed by atoms with E-state index >= 15 is 0 Å². The van der Waals surface area contributed by atoms with E-state index in [0.717, 1.165) is 29.5 Å². The fraction of sp³-hybridized carbons (Fsp3) is 0.500. The van der Waals surface area contributed by atoms with Gasteiger partial charge in [0, 0.05) is 18.6 Å². The predicted octanol–water partition coefficient (Wildman–Crippen LogP) is 2.61. The van der Waals surface area contributed by atoms with Gasteiger partial charge in [-0.25, -0.2) is 13.4 Å². The lowest BCUT2D eigenvalue weighted by Gasteiger charge is -2.36. The molecule has 1 aliphatic rings. The average molecular weight is 362 g/mol. The number of thiazole rings is 1. The summed E-state index contributed by atoms with van der Waals surface area (Å²) in [5.74, 6) is 0. The molecule has 2 unspecified atom stereocenters. The van der Waals surface area contributed by atoms with E-state index in [1.807, 2.05) is 6.92 Å². The summed E-state index contributed by atoms with van der Waals surface area (Å²) in [6.07, 6.45) is 2.76. The van der Waals surface area contributed by atoms with Crippen molar-refractivity contribution in [3.63, 3.8) is 0 Å². The quantitative estimate of drug-likeness (QED) is 0.911. The zero-order valence-electron chi connectivity index (χ0n) is 12.3. The molecule has 1 saturated heterocycles. The van der Waals surface area contributed by atoms with E-state index in [9.17, 15) is 8.42 Å². The third-order valence-corrected chi connectivity index (χ3v) is 6.73. The van der Waals surface area contributed by atoms with Crippen molar-refractivity contribution < 1.29 is 8.42 Å². The van der Waals surface area contributed by atoms with Gasteiger partial charge in [-0.1, -0.05) is 6.42 Å². The number of piperidine rings is 1. The van der Waals surface area contributed by atoms with Crippen molar-refractivity contribution >= 4 is 44.0 Å². The van der Waals surface area contributed by atoms with Crippen molar-refractivity contribution in [2.75, 3.05) is 6.54 Å². The van der Waals surface area contributed by atoms with Gasteiger partial charge in [-0.3, -0.25) is 0 Å². The molecule has 0 aliphatic carbocycles. The monoisotopic (exact) mass is 361 g/mol. The molecule has 5 nitrogen and oxygen atoms in total. The minimum atomic E-state index is -3.49. The molecule has 2 aromatic rings. The molecule has 2 N–H and O–H groups in total. The maximum absolute atomic E-state index is 12.9. The summed E-state index contributed by atoms with van der Waals surface area (Å²) in [5.41, 5.74) is 8.56. The first-order valence-corrected chi connectivity index (χ1v) is 9.43. The Bertz CT molecular complexity index is 745. The molecule has 122 valence electrons. The highest BCUT2D eigenvalue weighted by Crippen LogP contribution is 2.29. The van der Waals surface area contributed by atoms with Crippen molar-refractivity contribution in [3.8, 4) is 0 Å². The molecule has 0 amide bonds. The van der Waals surface area contributed by atoms with Crippen LogP contribution in [0.3, 0.4) is 0 Å². The molecule has 2 heterocycles. The second-order valence-electron chi connectivity index (χ2n) is 5.52. The molecule has 1 fully saturated rings. The van der Waals surface area contributed by atoms with Crippen LogP contribution in [0.4, 0.5) is 0 Å². The van der Waals surface area contributed by atoms with Gasteiger partial charge in [-0.05, 0) is 38.0 Å². The molecule has 1 aromatic heterocycles. The van der Waals surface area contributed by atoms with Gasteiger partial charge >= 0.3 is 0 Å². The van der Waals surface area contributed by atoms with E-state index in [4.69, 9.17) is 5.73 Å². The normalized spacial score (nSPS) is 21.5. The minimum Gasteiger partial charge on any atom is -0.326 e. The molecule has 0 radical (unpaired) electrons. The molecule has 2 atom stereocenters. The van der Waals surface area contributed by atoms with Gasteiger partial charge in [0.05, 0.1) is 20.6 Å². The predicted molar refractivity (Wildman–Crippen MR) is 92.0 cm³/mol. The Morgan fingerprint density at radius 1 is 1.41 bits per heavy atom. The molecular weight excluding hydrogens is 342 g/mol. The standard InChI is InChI=1S/C14H19N3O2S2.ClH/c1-10(15)13-4-2-3-7-17(13)21(18,19)11-5-6-12-14(8-11)20-9-16-12;/h5-6,8-10,13H,2-4,7,15H2,1H3;1H. The van der Waals surface area contributed by atoms with E-state index in [2.05, 4.69) is 4.98 Å². The van der Waals surface area contributed by atoms with Crippen LogP contribution in [0.15, 0.2) is 28.6 Å². The summed E-state index contributed by atoms with van der Waals surface area (Å²) >= 11 is 1.45. The average Bonchev–Trinajstić information content (AvgIpc) is 2.94. The highest BCUT2D eigenvalue weighted by molar-refractivity contribution is 7.89. The maximum Gasteiger partial charge on any atom is 0.243 e. The van der Waals surface area contributed by atoms with Gasteiger partial charge in [0.25, 0.3) is 0 Å². The third-order valence-electron chi connectivity index (χ3n) is 4.01. The van der Waals surface area contributed by atoms with Gasteiger partial charge in [0.2, 0.25) is 10.0 Å². The van der Waals surface area contributed by atoms with Crippen molar-refractivity contribution in [1.29, 1.82) is 0 Å². The smallest absolute Gasteiger partial charge is 0.243 e. The zero-order chi connectivity index (χ0) is 15.0. The SMILES string of the molecule is CC(N)C1CCCCN1S(=O)(=O)c1ccc2ncsc2c1.Cl. The van der Waals surface area contributed by atoms with Crippen LogP contribution in [-0.2, 0) is 10.0 Å². The second kappa shape index (κ2) is 6.80. The van der Waals surface area contributed by atoms with Crippen LogP contribution in [-0.4, -0.2) is 36.3 Å². The van der Waals surface area contributed by atoms with Crippen LogP contribution in [0, 0.1) is 0 Å². The molecule has 0 bridgehead atoms. The van der Waals surface area contributed by atoms with E-state index in [1.54, 1.807) is 28.0 Å². The molecule has 0 saturated carbocycles. The van der Waals surface area contributed by atoms with Crippen LogP contribution in [0.25, 0.3) is 10.2 Å². The zero-order valence-corrected chi connectivity index (χ0v) is 14.8. The minimum absolute atomic E-state index is 0. The first kappa shape index (κ1) is 17.6. The van der Waals surface area contributed by atoms with Gasteiger partial charge in [-0.15, -0.1) is 23.7 Å². The Balaban J connectivity index is 0.00000176. The number of halogens is 1. The molecular formula is C14H20ClN3O2S2. The van der Waals surface area contributed by atoms with Crippen LogP contribution >= 0.6 is 23.7 Å². The maximum atomic E-state index is 12.9. The van der Waals surface area contributed by atoms with E-state index in [1.165, 1.54) is 11.3 Å². The molecule has 1 aliphatic heterocycles. The summed E-state index contributed by atoms with van der Waals surface area (Å²) in [6, 6.07) is 4.86. The molecule has 3 rings (SSSR count). The Morgan fingerprint density at radius 2 is 2.18 bits per heavy atom. The van der Waals surface area contributed by atoms with Crippen molar-refractivity contribution in [1.82, 2.24) is 9.29 Å². The largest absolute Gasteiger partial charge is 0.326 e. The second-order valence-corrected chi connectivity index (χ2v) is 8.30. The number of hydrogen-bond acceptors (Lipinski definition) is 5. The topological polar surface area (TPSA) is 76.3 Å². The van der Waals surface area contributed by atoms with E-state index < -0.39 is 10.0 Å². The first-order valence-electron chi connectivity index (χ1n) is 7.11. The number of fused-ring (bicyclic) bond motifs is 1. The Labute approximate surface area is 141 Å². The van der Waals surface area contributed by atoms with Crippen LogP contribution in [0.1, 0.15) is 26.2 Å². The number of benzene rings is 1. The van der Waals surface area contributed by atoms with Crippen molar-refractivity contribution in [2.24, 2.45) is 5.73 Å². The Hall–Kier alpha value is -0.730. The summed E-state index contributed by atoms with van der Waals surface area (Å²) in [4.78, 5) is 4.53. The number of rotatable bonds is 3. The summed E-state index contributed by atoms with van der Waals surface area (Å²) in [7, 11) is -3.49. The van der Waals surface area contributed by atoms with Gasteiger partial charge in [0.1, 0.15) is 0 Å². The number of aromatic nitrogens is 1. The van der Waals surface area contributed by atoms with Crippen molar-refractivity contribution in [2.45, 2.75) is 43.2 Å². The highest BCUT2D eigenvalue weighted by atomic mass is 35.5. The van der Waals surface area contributed by atoms with Gasteiger partial charge in [0.15, 0.2) is 0 Å². The fourth-order valence-electron chi connectivity index (χ4n) is 2.89. The number of sulfonamides is 1. The van der Waals surface area contributed by atoms with Crippen molar-refractivity contribution in [3.05, 3.63) is 23.7 Å². The Morgan fingerprint density at radius 3 is 2.91 bits per heavy atom. The molecule has 22 heavy (non-hydrogen) atoms. The van der Waals surface area contributed by atoms with E-state index in [0.29, 0.717) is 11.4 Å². The Kier molecular flexibility index (Phi) is 5.45. The summed E-state index contributed by atoms with van der Waals surface area (Å²) in [5, 5.41) is 0. The third kappa shape index (κ3) is 3.14. The number of nitrogens with two attached hydrogens (primary N) is 1.